The third-order valence-corrected chi connectivity index (χ3v) is 9.20. The molecule has 1 aliphatic rings. The summed E-state index contributed by atoms with van der Waals surface area (Å²) in [5.41, 5.74) is 1.28. The molecule has 0 unspecified atom stereocenters. The summed E-state index contributed by atoms with van der Waals surface area (Å²) in [5.74, 6) is -2.46. The van der Waals surface area contributed by atoms with Crippen LogP contribution in [0.5, 0.6) is 11.5 Å². The number of amides is 1. The van der Waals surface area contributed by atoms with E-state index in [-0.39, 0.29) is 40.8 Å². The molecule has 1 amide bonds. The molecule has 1 aliphatic carbocycles. The van der Waals surface area contributed by atoms with Gasteiger partial charge in [0.2, 0.25) is 0 Å². The van der Waals surface area contributed by atoms with Crippen molar-refractivity contribution in [2.75, 3.05) is 6.54 Å². The molecule has 2 aromatic carbocycles. The Bertz CT molecular complexity index is 1600. The Balaban J connectivity index is 2.33. The third-order valence-electron chi connectivity index (χ3n) is 9.20. The Labute approximate surface area is 306 Å². The van der Waals surface area contributed by atoms with Gasteiger partial charge in [0.05, 0.1) is 21.8 Å². The van der Waals surface area contributed by atoms with Crippen molar-refractivity contribution >= 4 is 23.8 Å². The van der Waals surface area contributed by atoms with Gasteiger partial charge in [-0.1, -0.05) is 55.8 Å². The van der Waals surface area contributed by atoms with Crippen LogP contribution in [0.15, 0.2) is 48.0 Å². The van der Waals surface area contributed by atoms with Crippen LogP contribution in [0, 0.1) is 22.2 Å². The zero-order chi connectivity index (χ0) is 38.5. The number of esters is 3. The minimum absolute atomic E-state index is 0.00718. The molecule has 4 atom stereocenters. The number of hydrogen-bond acceptors (Lipinski definition) is 7. The summed E-state index contributed by atoms with van der Waals surface area (Å²) < 4.78 is 18.7. The van der Waals surface area contributed by atoms with E-state index in [4.69, 9.17) is 14.2 Å². The molecule has 280 valence electrons. The maximum absolute atomic E-state index is 14.3. The molecular formula is C43H61NO7. The van der Waals surface area contributed by atoms with Crippen LogP contribution in [0.1, 0.15) is 148 Å². The number of carbonyl (C=O) groups excluding carboxylic acids is 4. The quantitative estimate of drug-likeness (QED) is 0.141. The number of nitrogens with one attached hydrogen (secondary N) is 1. The maximum atomic E-state index is 14.3. The van der Waals surface area contributed by atoms with E-state index in [1.165, 1.54) is 5.57 Å². The second kappa shape index (κ2) is 16.6. The second-order valence-electron chi connectivity index (χ2n) is 17.5. The lowest BCUT2D eigenvalue weighted by Crippen LogP contribution is -2.39. The predicted molar refractivity (Wildman–Crippen MR) is 202 cm³/mol. The predicted octanol–water partition coefficient (Wildman–Crippen LogP) is 9.49. The summed E-state index contributed by atoms with van der Waals surface area (Å²) in [4.78, 5) is 54.9. The number of hydrogen-bond donors (Lipinski definition) is 1. The summed E-state index contributed by atoms with van der Waals surface area (Å²) in [6.07, 6.45) is 4.36. The first kappa shape index (κ1) is 41.5. The molecule has 0 radical (unpaired) electrons. The average molecular weight is 704 g/mol. The van der Waals surface area contributed by atoms with Crippen molar-refractivity contribution in [1.29, 1.82) is 0 Å². The topological polar surface area (TPSA) is 108 Å². The standard InChI is InChI=1S/C43H61NO7/c1-26(2)18-17-19-27(3)33-30-25-31(37(45)44-23-22-29-20-15-14-16-21-29)35(50-39(47)42(8,9)10)36(51-40(48)43(11,12)13)34(30)28(4)24-32(33)49-38(46)41(5,6)7/h14-16,18,20-21,25,27-28,32-33H,17,19,22-24H2,1-13H3,(H,44,45)/t27-,28+,32+,33-/m0/s1. The first-order valence-corrected chi connectivity index (χ1v) is 18.3. The highest BCUT2D eigenvalue weighted by Crippen LogP contribution is 2.53. The first-order chi connectivity index (χ1) is 23.5. The molecule has 0 fully saturated rings. The van der Waals surface area contributed by atoms with Crippen LogP contribution in [0.25, 0.3) is 0 Å². The van der Waals surface area contributed by atoms with E-state index in [1.54, 1.807) is 47.6 Å². The average Bonchev–Trinajstić information content (AvgIpc) is 3.00. The van der Waals surface area contributed by atoms with E-state index < -0.39 is 40.2 Å². The Morgan fingerprint density at radius 3 is 1.92 bits per heavy atom. The van der Waals surface area contributed by atoms with E-state index >= 15 is 0 Å². The molecule has 0 aromatic heterocycles. The van der Waals surface area contributed by atoms with Crippen molar-refractivity contribution in [1.82, 2.24) is 5.32 Å². The van der Waals surface area contributed by atoms with E-state index in [9.17, 15) is 19.2 Å². The molecule has 3 rings (SSSR count). The number of ether oxygens (including phenoxy) is 3. The smallest absolute Gasteiger partial charge is 0.316 e. The van der Waals surface area contributed by atoms with Gasteiger partial charge in [-0.2, -0.15) is 0 Å². The van der Waals surface area contributed by atoms with Gasteiger partial charge in [0.25, 0.3) is 5.91 Å². The molecule has 8 nitrogen and oxygen atoms in total. The van der Waals surface area contributed by atoms with E-state index in [0.29, 0.717) is 24.9 Å². The molecule has 2 aromatic rings. The zero-order valence-electron chi connectivity index (χ0n) is 33.2. The van der Waals surface area contributed by atoms with Gasteiger partial charge in [-0.3, -0.25) is 19.2 Å². The fourth-order valence-corrected chi connectivity index (χ4v) is 6.12. The number of carbonyl (C=O) groups is 4. The summed E-state index contributed by atoms with van der Waals surface area (Å²) in [5, 5.41) is 3.02. The van der Waals surface area contributed by atoms with Crippen LogP contribution in [0.4, 0.5) is 0 Å². The molecule has 0 bridgehead atoms. The van der Waals surface area contributed by atoms with Gasteiger partial charge in [0, 0.05) is 18.0 Å². The van der Waals surface area contributed by atoms with Crippen molar-refractivity contribution in [2.24, 2.45) is 22.2 Å². The number of rotatable bonds is 11. The second-order valence-corrected chi connectivity index (χ2v) is 17.5. The molecule has 8 heteroatoms. The number of fused-ring (bicyclic) bond motifs is 1. The molecule has 0 saturated carbocycles. The SMILES string of the molecule is CC(C)=CCC[C@H](C)[C@H]1c2cc(C(=O)NCCc3ccccc3)c(OC(=O)C(C)(C)C)c(OC(=O)C(C)(C)C)c2[C@H](C)C[C@H]1OC(=O)C(C)(C)C. The van der Waals surface area contributed by atoms with Crippen LogP contribution in [-0.2, 0) is 25.5 Å². The Morgan fingerprint density at radius 1 is 0.843 bits per heavy atom. The molecular weight excluding hydrogens is 642 g/mol. The van der Waals surface area contributed by atoms with E-state index in [0.717, 1.165) is 24.0 Å². The maximum Gasteiger partial charge on any atom is 0.316 e. The lowest BCUT2D eigenvalue weighted by Gasteiger charge is -2.41. The van der Waals surface area contributed by atoms with Crippen LogP contribution < -0.4 is 14.8 Å². The van der Waals surface area contributed by atoms with Gasteiger partial charge in [-0.15, -0.1) is 0 Å². The van der Waals surface area contributed by atoms with Crippen LogP contribution in [-0.4, -0.2) is 36.5 Å². The molecule has 0 saturated heterocycles. The van der Waals surface area contributed by atoms with Crippen molar-refractivity contribution in [2.45, 2.75) is 134 Å². The summed E-state index contributed by atoms with van der Waals surface area (Å²) in [7, 11) is 0. The van der Waals surface area contributed by atoms with Crippen molar-refractivity contribution in [3.8, 4) is 11.5 Å². The van der Waals surface area contributed by atoms with Crippen LogP contribution >= 0.6 is 0 Å². The van der Waals surface area contributed by atoms with E-state index in [2.05, 4.69) is 32.2 Å². The lowest BCUT2D eigenvalue weighted by atomic mass is 9.68. The van der Waals surface area contributed by atoms with Crippen LogP contribution in [0.2, 0.25) is 0 Å². The fourth-order valence-electron chi connectivity index (χ4n) is 6.12. The Kier molecular flexibility index (Phi) is 13.5. The zero-order valence-corrected chi connectivity index (χ0v) is 33.2. The van der Waals surface area contributed by atoms with E-state index in [1.807, 2.05) is 58.0 Å². The number of allylic oxidation sites excluding steroid dienone is 2. The van der Waals surface area contributed by atoms with Crippen LogP contribution in [0.3, 0.4) is 0 Å². The van der Waals surface area contributed by atoms with Crippen molar-refractivity contribution < 1.29 is 33.4 Å². The Morgan fingerprint density at radius 2 is 1.39 bits per heavy atom. The van der Waals surface area contributed by atoms with Crippen molar-refractivity contribution in [3.63, 3.8) is 0 Å². The highest BCUT2D eigenvalue weighted by atomic mass is 16.6. The molecule has 0 aliphatic heterocycles. The van der Waals surface area contributed by atoms with Gasteiger partial charge in [-0.25, -0.2) is 0 Å². The summed E-state index contributed by atoms with van der Waals surface area (Å²) in [6, 6.07) is 11.6. The first-order valence-electron chi connectivity index (χ1n) is 18.3. The highest BCUT2D eigenvalue weighted by molar-refractivity contribution is 6.00. The third kappa shape index (κ3) is 11.0. The molecule has 51 heavy (non-hydrogen) atoms. The van der Waals surface area contributed by atoms with Gasteiger partial charge in [0.15, 0.2) is 11.5 Å². The minimum Gasteiger partial charge on any atom is -0.461 e. The molecule has 1 N–H and O–H groups in total. The van der Waals surface area contributed by atoms with Gasteiger partial charge >= 0.3 is 17.9 Å². The monoisotopic (exact) mass is 703 g/mol. The summed E-state index contributed by atoms with van der Waals surface area (Å²) >= 11 is 0. The Hall–Kier alpha value is -3.94. The molecule has 0 spiro atoms. The normalized spacial score (nSPS) is 18.2. The lowest BCUT2D eigenvalue weighted by molar-refractivity contribution is -0.161. The minimum atomic E-state index is -0.915. The number of benzene rings is 2. The van der Waals surface area contributed by atoms with Gasteiger partial charge < -0.3 is 19.5 Å². The largest absolute Gasteiger partial charge is 0.461 e. The molecule has 0 heterocycles. The van der Waals surface area contributed by atoms with Crippen molar-refractivity contribution in [3.05, 3.63) is 70.3 Å². The van der Waals surface area contributed by atoms with Gasteiger partial charge in [0.1, 0.15) is 6.10 Å². The fraction of sp³-hybridized carbons (Fsp3) is 0.581. The highest BCUT2D eigenvalue weighted by Gasteiger charge is 2.44. The van der Waals surface area contributed by atoms with Gasteiger partial charge in [-0.05, 0) is 131 Å². The summed E-state index contributed by atoms with van der Waals surface area (Å²) in [6.45, 7) is 24.5.